The van der Waals surface area contributed by atoms with Gasteiger partial charge in [0.25, 0.3) is 5.79 Å². The maximum Gasteiger partial charge on any atom is 0.366 e. The van der Waals surface area contributed by atoms with Crippen LogP contribution in [0.5, 0.6) is 5.75 Å². The first-order chi connectivity index (χ1) is 15.1. The average molecular weight is 427 g/mol. The highest BCUT2D eigenvalue weighted by Gasteiger charge is 2.41. The molecule has 2 saturated heterocycles. The van der Waals surface area contributed by atoms with Crippen molar-refractivity contribution in [2.45, 2.75) is 38.0 Å². The van der Waals surface area contributed by atoms with E-state index in [1.54, 1.807) is 6.92 Å². The van der Waals surface area contributed by atoms with Gasteiger partial charge in [-0.1, -0.05) is 18.2 Å². The lowest BCUT2D eigenvalue weighted by atomic mass is 9.99. The minimum absolute atomic E-state index is 0.190. The van der Waals surface area contributed by atoms with E-state index >= 15 is 0 Å². The molecule has 0 N–H and O–H groups in total. The molecule has 0 amide bonds. The molecule has 7 nitrogen and oxygen atoms in total. The number of carbonyl (C=O) groups excluding carboxylic acids is 1. The number of aromatic nitrogens is 1. The molecule has 2 fully saturated rings. The lowest BCUT2D eigenvalue weighted by molar-refractivity contribution is -0.272. The van der Waals surface area contributed by atoms with Crippen LogP contribution in [0.25, 0.3) is 0 Å². The molecule has 0 saturated carbocycles. The van der Waals surface area contributed by atoms with Gasteiger partial charge in [0.15, 0.2) is 0 Å². The van der Waals surface area contributed by atoms with E-state index in [0.717, 1.165) is 37.4 Å². The molecule has 31 heavy (non-hydrogen) atoms. The fourth-order valence-corrected chi connectivity index (χ4v) is 4.15. The summed E-state index contributed by atoms with van der Waals surface area (Å²) in [5, 5.41) is 0. The average Bonchev–Trinajstić information content (AvgIpc) is 3.29. The first-order valence-electron chi connectivity index (χ1n) is 10.8. The van der Waals surface area contributed by atoms with Crippen LogP contribution in [0.15, 0.2) is 48.7 Å². The highest BCUT2D eigenvalue weighted by atomic mass is 16.7. The molecule has 0 spiro atoms. The summed E-state index contributed by atoms with van der Waals surface area (Å²) in [7, 11) is 1.33. The van der Waals surface area contributed by atoms with Crippen LogP contribution in [0.2, 0.25) is 0 Å². The van der Waals surface area contributed by atoms with Gasteiger partial charge >= 0.3 is 5.97 Å². The number of esters is 1. The maximum atomic E-state index is 11.8. The van der Waals surface area contributed by atoms with E-state index in [4.69, 9.17) is 18.9 Å². The molecule has 2 aromatic rings. The van der Waals surface area contributed by atoms with Gasteiger partial charge in [-0.25, -0.2) is 9.78 Å². The molecule has 0 aliphatic carbocycles. The second-order valence-electron chi connectivity index (χ2n) is 8.26. The van der Waals surface area contributed by atoms with Crippen molar-refractivity contribution in [2.24, 2.45) is 5.92 Å². The zero-order valence-electron chi connectivity index (χ0n) is 18.2. The monoisotopic (exact) mass is 426 g/mol. The van der Waals surface area contributed by atoms with Crippen LogP contribution in [0, 0.1) is 5.92 Å². The van der Waals surface area contributed by atoms with E-state index in [9.17, 15) is 4.79 Å². The number of hydrogen-bond donors (Lipinski definition) is 0. The highest BCUT2D eigenvalue weighted by Crippen LogP contribution is 2.27. The van der Waals surface area contributed by atoms with Gasteiger partial charge in [0, 0.05) is 25.6 Å². The Bertz CT molecular complexity index is 850. The summed E-state index contributed by atoms with van der Waals surface area (Å²) in [4.78, 5) is 18.6. The van der Waals surface area contributed by atoms with Gasteiger partial charge in [-0.3, -0.25) is 0 Å². The summed E-state index contributed by atoms with van der Waals surface area (Å²) in [6, 6.07) is 14.5. The number of hydrogen-bond acceptors (Lipinski definition) is 7. The maximum absolute atomic E-state index is 11.8. The molecule has 2 aliphatic rings. The molecule has 0 radical (unpaired) electrons. The van der Waals surface area contributed by atoms with Crippen LogP contribution in [0.4, 0.5) is 5.82 Å². The standard InChI is InChI=1S/C24H30N2O5/c1-24(23(27)28-2)30-15-19(16-31-24)14-18-8-10-21(11-9-18)29-17-20-6-5-13-26(20)22-7-3-4-12-25-22/h3-4,7-12,19-20H,5-6,13-17H2,1-2H3. The summed E-state index contributed by atoms with van der Waals surface area (Å²) in [6.45, 7) is 4.17. The number of benzene rings is 1. The Labute approximate surface area is 183 Å². The predicted octanol–water partition coefficient (Wildman–Crippen LogP) is 3.22. The summed E-state index contributed by atoms with van der Waals surface area (Å²) in [6.07, 6.45) is 4.92. The van der Waals surface area contributed by atoms with Gasteiger partial charge in [-0.2, -0.15) is 0 Å². The van der Waals surface area contributed by atoms with Crippen molar-refractivity contribution >= 4 is 11.8 Å². The van der Waals surface area contributed by atoms with Crippen LogP contribution in [0.1, 0.15) is 25.3 Å². The number of anilines is 1. The molecular formula is C24H30N2O5. The van der Waals surface area contributed by atoms with Crippen molar-refractivity contribution in [3.8, 4) is 5.75 Å². The fraction of sp³-hybridized carbons (Fsp3) is 0.500. The Morgan fingerprint density at radius 2 is 1.97 bits per heavy atom. The van der Waals surface area contributed by atoms with Gasteiger partial charge in [-0.05, 0) is 49.1 Å². The Morgan fingerprint density at radius 1 is 1.19 bits per heavy atom. The van der Waals surface area contributed by atoms with E-state index in [-0.39, 0.29) is 5.92 Å². The normalized spacial score (nSPS) is 25.9. The van der Waals surface area contributed by atoms with Crippen molar-refractivity contribution in [1.82, 2.24) is 4.98 Å². The number of nitrogens with zero attached hydrogens (tertiary/aromatic N) is 2. The second kappa shape index (κ2) is 9.66. The molecule has 1 aromatic heterocycles. The van der Waals surface area contributed by atoms with Gasteiger partial charge < -0.3 is 23.8 Å². The van der Waals surface area contributed by atoms with Crippen molar-refractivity contribution in [2.75, 3.05) is 38.4 Å². The largest absolute Gasteiger partial charge is 0.491 e. The van der Waals surface area contributed by atoms with Gasteiger partial charge in [0.1, 0.15) is 18.2 Å². The Balaban J connectivity index is 1.26. The summed E-state index contributed by atoms with van der Waals surface area (Å²) < 4.78 is 22.1. The van der Waals surface area contributed by atoms with Gasteiger partial charge in [0.2, 0.25) is 0 Å². The lowest BCUT2D eigenvalue weighted by Crippen LogP contribution is -2.48. The molecule has 7 heteroatoms. The van der Waals surface area contributed by atoms with E-state index in [0.29, 0.717) is 25.9 Å². The van der Waals surface area contributed by atoms with Crippen molar-refractivity contribution in [3.63, 3.8) is 0 Å². The SMILES string of the molecule is COC(=O)C1(C)OCC(Cc2ccc(OCC3CCCN3c3ccccn3)cc2)CO1. The van der Waals surface area contributed by atoms with Crippen LogP contribution in [-0.2, 0) is 25.4 Å². The molecule has 166 valence electrons. The molecule has 4 rings (SSSR count). The molecule has 2 aliphatic heterocycles. The topological polar surface area (TPSA) is 70.1 Å². The zero-order valence-corrected chi connectivity index (χ0v) is 18.2. The minimum atomic E-state index is -1.30. The molecule has 1 aromatic carbocycles. The van der Waals surface area contributed by atoms with Gasteiger partial charge in [-0.15, -0.1) is 0 Å². The van der Waals surface area contributed by atoms with E-state index in [1.165, 1.54) is 12.7 Å². The smallest absolute Gasteiger partial charge is 0.366 e. The summed E-state index contributed by atoms with van der Waals surface area (Å²) in [5.41, 5.74) is 1.18. The van der Waals surface area contributed by atoms with E-state index in [2.05, 4.69) is 28.1 Å². The van der Waals surface area contributed by atoms with Crippen molar-refractivity contribution in [1.29, 1.82) is 0 Å². The number of methoxy groups -OCH3 is 1. The molecule has 1 unspecified atom stereocenters. The Kier molecular flexibility index (Phi) is 6.73. The quantitative estimate of drug-likeness (QED) is 0.630. The van der Waals surface area contributed by atoms with Crippen molar-refractivity contribution in [3.05, 3.63) is 54.2 Å². The molecule has 3 heterocycles. The molecule has 1 atom stereocenters. The third-order valence-electron chi connectivity index (χ3n) is 5.96. The Morgan fingerprint density at radius 3 is 2.65 bits per heavy atom. The predicted molar refractivity (Wildman–Crippen MR) is 116 cm³/mol. The minimum Gasteiger partial charge on any atom is -0.491 e. The van der Waals surface area contributed by atoms with Crippen LogP contribution < -0.4 is 9.64 Å². The zero-order chi connectivity index (χ0) is 21.7. The van der Waals surface area contributed by atoms with Crippen LogP contribution >= 0.6 is 0 Å². The number of rotatable bonds is 7. The third kappa shape index (κ3) is 5.17. The second-order valence-corrected chi connectivity index (χ2v) is 8.26. The number of carbonyl (C=O) groups is 1. The highest BCUT2D eigenvalue weighted by molar-refractivity contribution is 5.77. The van der Waals surface area contributed by atoms with Crippen LogP contribution in [0.3, 0.4) is 0 Å². The lowest BCUT2D eigenvalue weighted by Gasteiger charge is -2.35. The number of pyridine rings is 1. The Hall–Kier alpha value is -2.64. The van der Waals surface area contributed by atoms with E-state index in [1.807, 2.05) is 30.5 Å². The van der Waals surface area contributed by atoms with Crippen molar-refractivity contribution < 1.29 is 23.7 Å². The fourth-order valence-electron chi connectivity index (χ4n) is 4.15. The van der Waals surface area contributed by atoms with Gasteiger partial charge in [0.05, 0.1) is 26.4 Å². The van der Waals surface area contributed by atoms with Crippen LogP contribution in [-0.4, -0.2) is 56.3 Å². The summed E-state index contributed by atoms with van der Waals surface area (Å²) in [5.74, 6) is 0.272. The first-order valence-corrected chi connectivity index (χ1v) is 10.8. The summed E-state index contributed by atoms with van der Waals surface area (Å²) >= 11 is 0. The third-order valence-corrected chi connectivity index (χ3v) is 5.96. The molecular weight excluding hydrogens is 396 g/mol. The van der Waals surface area contributed by atoms with E-state index < -0.39 is 11.8 Å². The molecule has 0 bridgehead atoms. The number of ether oxygens (including phenoxy) is 4. The first kappa shape index (κ1) is 21.6.